The van der Waals surface area contributed by atoms with Gasteiger partial charge in [0.25, 0.3) is 0 Å². The molecule has 1 rings (SSSR count). The highest BCUT2D eigenvalue weighted by molar-refractivity contribution is 5.21. The van der Waals surface area contributed by atoms with Gasteiger partial charge in [0.2, 0.25) is 0 Å². The number of pyridine rings is 1. The Morgan fingerprint density at radius 2 is 0.903 bits per heavy atom. The molecule has 0 aliphatic carbocycles. The van der Waals surface area contributed by atoms with Gasteiger partial charge < -0.3 is 0 Å². The molecule has 1 heterocycles. The monoisotopic (exact) mass is 430 g/mol. The molecule has 0 unspecified atom stereocenters. The lowest BCUT2D eigenvalue weighted by molar-refractivity contribution is -0.697. The van der Waals surface area contributed by atoms with Crippen LogP contribution < -0.4 is 4.57 Å². The van der Waals surface area contributed by atoms with E-state index in [4.69, 9.17) is 0 Å². The zero-order valence-electron chi connectivity index (χ0n) is 21.7. The third-order valence-electron chi connectivity index (χ3n) is 6.82. The number of aryl methyl sites for hydroxylation is 3. The summed E-state index contributed by atoms with van der Waals surface area (Å²) in [5.74, 6) is 0. The summed E-state index contributed by atoms with van der Waals surface area (Å²) in [5.41, 5.74) is 3.26. The van der Waals surface area contributed by atoms with Crippen molar-refractivity contribution in [2.24, 2.45) is 0 Å². The van der Waals surface area contributed by atoms with Gasteiger partial charge in [-0.3, -0.25) is 0 Å². The molecular weight excluding hydrogens is 374 g/mol. The van der Waals surface area contributed by atoms with E-state index in [2.05, 4.69) is 43.8 Å². The highest BCUT2D eigenvalue weighted by Gasteiger charge is 2.09. The minimum absolute atomic E-state index is 1.20. The summed E-state index contributed by atoms with van der Waals surface area (Å²) in [4.78, 5) is 0. The molecular formula is C30H56N+. The molecule has 1 aromatic heterocycles. The Bertz CT molecular complexity index is 507. The van der Waals surface area contributed by atoms with E-state index in [1.165, 1.54) is 141 Å². The van der Waals surface area contributed by atoms with Crippen LogP contribution in [0.3, 0.4) is 0 Å². The van der Waals surface area contributed by atoms with Gasteiger partial charge in [0.15, 0.2) is 12.4 Å². The number of unbranched alkanes of at least 4 members (excludes halogenated alkanes) is 16. The van der Waals surface area contributed by atoms with Gasteiger partial charge in [0.05, 0.1) is 0 Å². The van der Waals surface area contributed by atoms with Crippen molar-refractivity contribution >= 4 is 0 Å². The van der Waals surface area contributed by atoms with Gasteiger partial charge in [0, 0.05) is 18.1 Å². The van der Waals surface area contributed by atoms with E-state index < -0.39 is 0 Å². The second kappa shape index (κ2) is 21.0. The molecule has 0 spiro atoms. The van der Waals surface area contributed by atoms with Crippen LogP contribution in [0.1, 0.15) is 154 Å². The van der Waals surface area contributed by atoms with E-state index in [0.29, 0.717) is 0 Å². The number of aromatic nitrogens is 1. The zero-order valence-corrected chi connectivity index (χ0v) is 21.7. The second-order valence-corrected chi connectivity index (χ2v) is 9.89. The van der Waals surface area contributed by atoms with Crippen LogP contribution in [0.25, 0.3) is 0 Å². The van der Waals surface area contributed by atoms with Crippen LogP contribution in [0.15, 0.2) is 18.5 Å². The largest absolute Gasteiger partial charge is 0.205 e. The molecule has 0 saturated carbocycles. The van der Waals surface area contributed by atoms with Crippen molar-refractivity contribution < 1.29 is 4.57 Å². The fraction of sp³-hybridized carbons (Fsp3) is 0.833. The summed E-state index contributed by atoms with van der Waals surface area (Å²) in [5, 5.41) is 0. The Morgan fingerprint density at radius 3 is 1.42 bits per heavy atom. The van der Waals surface area contributed by atoms with Crippen LogP contribution in [0.5, 0.6) is 0 Å². The molecule has 0 amide bonds. The van der Waals surface area contributed by atoms with E-state index >= 15 is 0 Å². The van der Waals surface area contributed by atoms with E-state index in [1.807, 2.05) is 0 Å². The van der Waals surface area contributed by atoms with Gasteiger partial charge in [-0.05, 0) is 37.7 Å². The van der Waals surface area contributed by atoms with Crippen LogP contribution in [0.2, 0.25) is 0 Å². The van der Waals surface area contributed by atoms with Crippen LogP contribution in [0.4, 0.5) is 0 Å². The number of nitrogens with zero attached hydrogens (tertiary/aromatic N) is 1. The van der Waals surface area contributed by atoms with Gasteiger partial charge in [0.1, 0.15) is 6.54 Å². The maximum absolute atomic E-state index is 2.50. The molecule has 0 radical (unpaired) electrons. The Kier molecular flexibility index (Phi) is 19.1. The molecule has 0 N–H and O–H groups in total. The molecule has 0 atom stereocenters. The van der Waals surface area contributed by atoms with E-state index in [0.717, 1.165) is 0 Å². The third-order valence-corrected chi connectivity index (χ3v) is 6.82. The fourth-order valence-corrected chi connectivity index (χ4v) is 4.67. The number of hydrogen-bond donors (Lipinski definition) is 0. The molecule has 1 aromatic rings. The molecule has 180 valence electrons. The van der Waals surface area contributed by atoms with Crippen LogP contribution in [-0.2, 0) is 19.4 Å². The van der Waals surface area contributed by atoms with Crippen LogP contribution >= 0.6 is 0 Å². The SMILES string of the molecule is CCCCCCCCCCCCC[n+]1ccc(CCCCCC)c(CCCCCC)c1. The summed E-state index contributed by atoms with van der Waals surface area (Å²) in [6.45, 7) is 8.12. The van der Waals surface area contributed by atoms with Gasteiger partial charge in [-0.15, -0.1) is 0 Å². The van der Waals surface area contributed by atoms with Crippen LogP contribution in [-0.4, -0.2) is 0 Å². The van der Waals surface area contributed by atoms with Crippen molar-refractivity contribution in [3.05, 3.63) is 29.6 Å². The first-order valence-corrected chi connectivity index (χ1v) is 14.3. The second-order valence-electron chi connectivity index (χ2n) is 9.89. The highest BCUT2D eigenvalue weighted by atomic mass is 14.9. The van der Waals surface area contributed by atoms with Crippen molar-refractivity contribution in [3.63, 3.8) is 0 Å². The fourth-order valence-electron chi connectivity index (χ4n) is 4.67. The normalized spacial score (nSPS) is 11.3. The lowest BCUT2D eigenvalue weighted by Crippen LogP contribution is -2.34. The Morgan fingerprint density at radius 1 is 0.484 bits per heavy atom. The average Bonchev–Trinajstić information content (AvgIpc) is 2.79. The summed E-state index contributed by atoms with van der Waals surface area (Å²) in [7, 11) is 0. The zero-order chi connectivity index (χ0) is 22.4. The molecule has 1 heteroatoms. The lowest BCUT2D eigenvalue weighted by atomic mass is 9.98. The first-order chi connectivity index (χ1) is 15.3. The van der Waals surface area contributed by atoms with Gasteiger partial charge in [-0.2, -0.15) is 0 Å². The van der Waals surface area contributed by atoms with Crippen molar-refractivity contribution in [2.45, 2.75) is 162 Å². The third kappa shape index (κ3) is 15.6. The number of rotatable bonds is 22. The summed E-state index contributed by atoms with van der Waals surface area (Å²) < 4.78 is 2.48. The average molecular weight is 431 g/mol. The van der Waals surface area contributed by atoms with E-state index in [9.17, 15) is 0 Å². The molecule has 0 fully saturated rings. The predicted octanol–water partition coefficient (Wildman–Crippen LogP) is 9.53. The molecule has 0 saturated heterocycles. The molecule has 1 nitrogen and oxygen atoms in total. The van der Waals surface area contributed by atoms with E-state index in [1.54, 1.807) is 11.1 Å². The lowest BCUT2D eigenvalue weighted by Gasteiger charge is -2.09. The van der Waals surface area contributed by atoms with Crippen molar-refractivity contribution in [2.75, 3.05) is 0 Å². The standard InChI is InChI=1S/C30H56N/c1-4-7-10-13-14-15-16-17-18-19-22-26-31-27-25-29(23-20-11-8-5-2)30(28-31)24-21-12-9-6-3/h25,27-28H,4-24,26H2,1-3H3/q+1. The maximum atomic E-state index is 2.50. The summed E-state index contributed by atoms with van der Waals surface area (Å²) >= 11 is 0. The van der Waals surface area contributed by atoms with Crippen molar-refractivity contribution in [1.29, 1.82) is 0 Å². The Hall–Kier alpha value is -0.850. The van der Waals surface area contributed by atoms with Crippen molar-refractivity contribution in [1.82, 2.24) is 0 Å². The summed E-state index contributed by atoms with van der Waals surface area (Å²) in [6.07, 6.45) is 34.0. The van der Waals surface area contributed by atoms with E-state index in [-0.39, 0.29) is 0 Å². The van der Waals surface area contributed by atoms with Crippen molar-refractivity contribution in [3.8, 4) is 0 Å². The maximum Gasteiger partial charge on any atom is 0.172 e. The van der Waals surface area contributed by atoms with Crippen LogP contribution in [0, 0.1) is 0 Å². The first-order valence-electron chi connectivity index (χ1n) is 14.3. The van der Waals surface area contributed by atoms with Gasteiger partial charge >= 0.3 is 0 Å². The molecule has 0 aliphatic rings. The minimum atomic E-state index is 1.20. The first kappa shape index (κ1) is 28.2. The quantitative estimate of drug-likeness (QED) is 0.127. The number of hydrogen-bond acceptors (Lipinski definition) is 0. The van der Waals surface area contributed by atoms with Gasteiger partial charge in [-0.1, -0.05) is 117 Å². The summed E-state index contributed by atoms with van der Waals surface area (Å²) in [6, 6.07) is 2.44. The minimum Gasteiger partial charge on any atom is -0.205 e. The smallest absolute Gasteiger partial charge is 0.172 e. The van der Waals surface area contributed by atoms with Gasteiger partial charge in [-0.25, -0.2) is 4.57 Å². The predicted molar refractivity (Wildman–Crippen MR) is 139 cm³/mol. The topological polar surface area (TPSA) is 3.88 Å². The molecule has 0 aliphatic heterocycles. The molecule has 31 heavy (non-hydrogen) atoms. The molecule has 0 bridgehead atoms. The molecule has 0 aromatic carbocycles. The highest BCUT2D eigenvalue weighted by Crippen LogP contribution is 2.16. The Labute approximate surface area is 196 Å². The Balaban J connectivity index is 2.30.